The Morgan fingerprint density at radius 3 is 2.75 bits per heavy atom. The van der Waals surface area contributed by atoms with Crippen molar-refractivity contribution in [2.75, 3.05) is 6.54 Å². The van der Waals surface area contributed by atoms with Crippen molar-refractivity contribution in [1.82, 2.24) is 0 Å². The second-order valence-electron chi connectivity index (χ2n) is 3.16. The summed E-state index contributed by atoms with van der Waals surface area (Å²) in [6, 6.07) is 6.36. The number of rotatable bonds is 2. The molecule has 1 aromatic rings. The van der Waals surface area contributed by atoms with E-state index < -0.39 is 0 Å². The molecule has 0 bridgehead atoms. The van der Waals surface area contributed by atoms with Crippen LogP contribution in [-0.4, -0.2) is 6.54 Å². The SMILES string of the molecule is Cc1ccc(Br)c(C(C)CN)c1. The second-order valence-corrected chi connectivity index (χ2v) is 4.02. The third kappa shape index (κ3) is 2.08. The normalized spacial score (nSPS) is 13.0. The van der Waals surface area contributed by atoms with E-state index in [1.165, 1.54) is 11.1 Å². The van der Waals surface area contributed by atoms with Crippen LogP contribution >= 0.6 is 15.9 Å². The summed E-state index contributed by atoms with van der Waals surface area (Å²) in [6.45, 7) is 4.93. The first-order valence-electron chi connectivity index (χ1n) is 4.11. The number of nitrogens with two attached hydrogens (primary N) is 1. The van der Waals surface area contributed by atoms with Crippen LogP contribution in [0.15, 0.2) is 22.7 Å². The molecule has 0 saturated heterocycles. The summed E-state index contributed by atoms with van der Waals surface area (Å²) in [5.74, 6) is 0.430. The number of benzene rings is 1. The predicted molar refractivity (Wildman–Crippen MR) is 56.3 cm³/mol. The Bertz CT molecular complexity index is 271. The lowest BCUT2D eigenvalue weighted by Gasteiger charge is -2.11. The zero-order valence-corrected chi connectivity index (χ0v) is 9.06. The average molecular weight is 228 g/mol. The second kappa shape index (κ2) is 4.06. The van der Waals surface area contributed by atoms with Gasteiger partial charge in [-0.05, 0) is 31.0 Å². The van der Waals surface area contributed by atoms with E-state index in [0.29, 0.717) is 12.5 Å². The molecular formula is C10H14BrN. The maximum Gasteiger partial charge on any atom is 0.0210 e. The van der Waals surface area contributed by atoms with Gasteiger partial charge in [0.05, 0.1) is 0 Å². The fourth-order valence-corrected chi connectivity index (χ4v) is 1.81. The van der Waals surface area contributed by atoms with Crippen molar-refractivity contribution in [2.24, 2.45) is 5.73 Å². The summed E-state index contributed by atoms with van der Waals surface area (Å²) in [5, 5.41) is 0. The predicted octanol–water partition coefficient (Wildman–Crippen LogP) is 2.82. The van der Waals surface area contributed by atoms with Crippen molar-refractivity contribution in [3.05, 3.63) is 33.8 Å². The summed E-state index contributed by atoms with van der Waals surface area (Å²) < 4.78 is 1.16. The highest BCUT2D eigenvalue weighted by Gasteiger charge is 2.06. The minimum Gasteiger partial charge on any atom is -0.330 e. The van der Waals surface area contributed by atoms with Crippen molar-refractivity contribution in [2.45, 2.75) is 19.8 Å². The van der Waals surface area contributed by atoms with Crippen LogP contribution in [0.4, 0.5) is 0 Å². The molecule has 0 heterocycles. The first-order chi connectivity index (χ1) is 5.65. The third-order valence-electron chi connectivity index (χ3n) is 2.04. The van der Waals surface area contributed by atoms with Gasteiger partial charge in [-0.15, -0.1) is 0 Å². The zero-order chi connectivity index (χ0) is 9.14. The monoisotopic (exact) mass is 227 g/mol. The van der Waals surface area contributed by atoms with Crippen LogP contribution in [0.1, 0.15) is 24.0 Å². The molecule has 1 unspecified atom stereocenters. The van der Waals surface area contributed by atoms with Gasteiger partial charge in [0, 0.05) is 4.47 Å². The molecule has 0 radical (unpaired) electrons. The van der Waals surface area contributed by atoms with Gasteiger partial charge in [0.1, 0.15) is 0 Å². The molecule has 1 rings (SSSR count). The van der Waals surface area contributed by atoms with Gasteiger partial charge in [-0.2, -0.15) is 0 Å². The van der Waals surface area contributed by atoms with Crippen LogP contribution in [0.3, 0.4) is 0 Å². The highest BCUT2D eigenvalue weighted by molar-refractivity contribution is 9.10. The summed E-state index contributed by atoms with van der Waals surface area (Å²) in [7, 11) is 0. The summed E-state index contributed by atoms with van der Waals surface area (Å²) in [6.07, 6.45) is 0. The van der Waals surface area contributed by atoms with E-state index in [0.717, 1.165) is 4.47 Å². The Balaban J connectivity index is 3.04. The van der Waals surface area contributed by atoms with Gasteiger partial charge in [0.2, 0.25) is 0 Å². The number of hydrogen-bond acceptors (Lipinski definition) is 1. The molecule has 0 aliphatic carbocycles. The molecule has 0 aliphatic heterocycles. The number of aryl methyl sites for hydroxylation is 1. The standard InChI is InChI=1S/C10H14BrN/c1-7-3-4-10(11)9(5-7)8(2)6-12/h3-5,8H,6,12H2,1-2H3. The van der Waals surface area contributed by atoms with Crippen LogP contribution in [0.25, 0.3) is 0 Å². The molecule has 0 aliphatic rings. The molecule has 1 nitrogen and oxygen atoms in total. The molecule has 0 aromatic heterocycles. The Hall–Kier alpha value is -0.340. The number of halogens is 1. The highest BCUT2D eigenvalue weighted by Crippen LogP contribution is 2.24. The molecule has 0 saturated carbocycles. The Kier molecular flexibility index (Phi) is 3.29. The van der Waals surface area contributed by atoms with Crippen LogP contribution in [0.2, 0.25) is 0 Å². The van der Waals surface area contributed by atoms with Gasteiger partial charge >= 0.3 is 0 Å². The molecule has 2 N–H and O–H groups in total. The van der Waals surface area contributed by atoms with Gasteiger partial charge in [-0.3, -0.25) is 0 Å². The maximum atomic E-state index is 5.60. The van der Waals surface area contributed by atoms with Gasteiger partial charge < -0.3 is 5.73 Å². The van der Waals surface area contributed by atoms with Crippen molar-refractivity contribution in [3.63, 3.8) is 0 Å². The van der Waals surface area contributed by atoms with E-state index in [1.807, 2.05) is 0 Å². The van der Waals surface area contributed by atoms with Crippen molar-refractivity contribution in [1.29, 1.82) is 0 Å². The quantitative estimate of drug-likeness (QED) is 0.827. The first kappa shape index (κ1) is 9.75. The molecule has 0 spiro atoms. The van der Waals surface area contributed by atoms with Crippen LogP contribution in [0, 0.1) is 6.92 Å². The van der Waals surface area contributed by atoms with Gasteiger partial charge in [-0.1, -0.05) is 40.5 Å². The molecule has 0 fully saturated rings. The number of hydrogen-bond donors (Lipinski definition) is 1. The smallest absolute Gasteiger partial charge is 0.0210 e. The first-order valence-corrected chi connectivity index (χ1v) is 4.90. The van der Waals surface area contributed by atoms with Crippen LogP contribution in [-0.2, 0) is 0 Å². The summed E-state index contributed by atoms with van der Waals surface area (Å²) in [4.78, 5) is 0. The van der Waals surface area contributed by atoms with Crippen LogP contribution < -0.4 is 5.73 Å². The molecule has 66 valence electrons. The van der Waals surface area contributed by atoms with E-state index in [1.54, 1.807) is 0 Å². The average Bonchev–Trinajstić information content (AvgIpc) is 2.08. The molecule has 0 amide bonds. The van der Waals surface area contributed by atoms with E-state index in [2.05, 4.69) is 48.0 Å². The van der Waals surface area contributed by atoms with E-state index in [4.69, 9.17) is 5.73 Å². The molecule has 1 aromatic carbocycles. The fraction of sp³-hybridized carbons (Fsp3) is 0.400. The molecular weight excluding hydrogens is 214 g/mol. The summed E-state index contributed by atoms with van der Waals surface area (Å²) >= 11 is 3.52. The largest absolute Gasteiger partial charge is 0.330 e. The Labute approximate surface area is 82.1 Å². The van der Waals surface area contributed by atoms with Crippen molar-refractivity contribution in [3.8, 4) is 0 Å². The third-order valence-corrected chi connectivity index (χ3v) is 2.76. The minimum atomic E-state index is 0.430. The van der Waals surface area contributed by atoms with Crippen molar-refractivity contribution >= 4 is 15.9 Å². The van der Waals surface area contributed by atoms with Gasteiger partial charge in [0.15, 0.2) is 0 Å². The van der Waals surface area contributed by atoms with Crippen LogP contribution in [0.5, 0.6) is 0 Å². The molecule has 2 heteroatoms. The summed E-state index contributed by atoms with van der Waals surface area (Å²) in [5.41, 5.74) is 8.19. The van der Waals surface area contributed by atoms with Crippen molar-refractivity contribution < 1.29 is 0 Å². The Morgan fingerprint density at radius 1 is 1.50 bits per heavy atom. The highest BCUT2D eigenvalue weighted by atomic mass is 79.9. The lowest BCUT2D eigenvalue weighted by Crippen LogP contribution is -2.09. The van der Waals surface area contributed by atoms with E-state index >= 15 is 0 Å². The zero-order valence-electron chi connectivity index (χ0n) is 7.47. The fourth-order valence-electron chi connectivity index (χ4n) is 1.17. The van der Waals surface area contributed by atoms with Gasteiger partial charge in [0.25, 0.3) is 0 Å². The van der Waals surface area contributed by atoms with E-state index in [-0.39, 0.29) is 0 Å². The van der Waals surface area contributed by atoms with Gasteiger partial charge in [-0.25, -0.2) is 0 Å². The lowest BCUT2D eigenvalue weighted by atomic mass is 10.00. The molecule has 1 atom stereocenters. The topological polar surface area (TPSA) is 26.0 Å². The maximum absolute atomic E-state index is 5.60. The Morgan fingerprint density at radius 2 is 2.17 bits per heavy atom. The molecule has 12 heavy (non-hydrogen) atoms. The lowest BCUT2D eigenvalue weighted by molar-refractivity contribution is 0.769. The van der Waals surface area contributed by atoms with E-state index in [9.17, 15) is 0 Å². The minimum absolute atomic E-state index is 0.430.